The number of nitrogens with one attached hydrogen (secondary N) is 1. The first-order valence-electron chi connectivity index (χ1n) is 7.46. The normalized spacial score (nSPS) is 11.1. The second-order valence-electron chi connectivity index (χ2n) is 5.42. The summed E-state index contributed by atoms with van der Waals surface area (Å²) in [5.41, 5.74) is 1.75. The van der Waals surface area contributed by atoms with Crippen LogP contribution in [0.15, 0.2) is 24.3 Å². The highest BCUT2D eigenvalue weighted by Gasteiger charge is 2.20. The van der Waals surface area contributed by atoms with Gasteiger partial charge in [-0.3, -0.25) is 4.79 Å². The molecule has 0 saturated heterocycles. The number of thiophene rings is 1. The molecule has 2 heterocycles. The predicted molar refractivity (Wildman–Crippen MR) is 92.7 cm³/mol. The maximum Gasteiger partial charge on any atom is 0.387 e. The SMILES string of the molecule is Cc1nc(C)c2c(C)c(C(=O)Nc3ccccc3OC(F)F)sc2n1. The molecule has 0 atom stereocenters. The van der Waals surface area contributed by atoms with Crippen LogP contribution in [0.25, 0.3) is 10.2 Å². The number of amides is 1. The maximum atomic E-state index is 12.6. The van der Waals surface area contributed by atoms with Crippen molar-refractivity contribution in [1.29, 1.82) is 0 Å². The molecule has 3 aromatic rings. The number of para-hydroxylation sites is 2. The van der Waals surface area contributed by atoms with Crippen LogP contribution in [-0.4, -0.2) is 22.5 Å². The Hall–Kier alpha value is -2.61. The summed E-state index contributed by atoms with van der Waals surface area (Å²) in [6.45, 7) is 2.51. The molecule has 0 aliphatic rings. The standard InChI is InChI=1S/C17H15F2N3O2S/c1-8-13-9(2)20-10(3)21-16(13)25-14(8)15(23)22-11-6-4-5-7-12(11)24-17(18)19/h4-7,17H,1-3H3,(H,22,23). The van der Waals surface area contributed by atoms with Crippen LogP contribution in [0.1, 0.15) is 26.8 Å². The Labute approximate surface area is 146 Å². The van der Waals surface area contributed by atoms with Crippen molar-refractivity contribution in [2.75, 3.05) is 5.32 Å². The summed E-state index contributed by atoms with van der Waals surface area (Å²) in [7, 11) is 0. The van der Waals surface area contributed by atoms with Crippen LogP contribution in [0.2, 0.25) is 0 Å². The first-order valence-corrected chi connectivity index (χ1v) is 8.28. The van der Waals surface area contributed by atoms with Gasteiger partial charge in [0.25, 0.3) is 5.91 Å². The fourth-order valence-electron chi connectivity index (χ4n) is 2.64. The highest BCUT2D eigenvalue weighted by atomic mass is 32.1. The summed E-state index contributed by atoms with van der Waals surface area (Å²) in [6, 6.07) is 6.07. The summed E-state index contributed by atoms with van der Waals surface area (Å²) in [5.74, 6) is 0.146. The second kappa shape index (κ2) is 6.72. The van der Waals surface area contributed by atoms with E-state index in [1.165, 1.54) is 23.5 Å². The van der Waals surface area contributed by atoms with Gasteiger partial charge < -0.3 is 10.1 Å². The summed E-state index contributed by atoms with van der Waals surface area (Å²) in [6.07, 6.45) is 0. The second-order valence-corrected chi connectivity index (χ2v) is 6.42. The molecule has 5 nitrogen and oxygen atoms in total. The lowest BCUT2D eigenvalue weighted by Crippen LogP contribution is -2.13. The van der Waals surface area contributed by atoms with E-state index in [0.29, 0.717) is 10.7 Å². The first kappa shape index (κ1) is 17.2. The fraction of sp³-hybridized carbons (Fsp3) is 0.235. The number of halogens is 2. The van der Waals surface area contributed by atoms with Crippen molar-refractivity contribution >= 4 is 33.1 Å². The smallest absolute Gasteiger partial charge is 0.387 e. The minimum Gasteiger partial charge on any atom is -0.433 e. The van der Waals surface area contributed by atoms with Gasteiger partial charge in [-0.15, -0.1) is 11.3 Å². The van der Waals surface area contributed by atoms with Gasteiger partial charge in [0.2, 0.25) is 0 Å². The summed E-state index contributed by atoms with van der Waals surface area (Å²) < 4.78 is 29.4. The summed E-state index contributed by atoms with van der Waals surface area (Å²) in [4.78, 5) is 22.5. The zero-order valence-electron chi connectivity index (χ0n) is 13.8. The highest BCUT2D eigenvalue weighted by molar-refractivity contribution is 7.20. The molecule has 0 aliphatic carbocycles. The van der Waals surface area contributed by atoms with Gasteiger partial charge in [0.05, 0.1) is 10.6 Å². The number of hydrogen-bond acceptors (Lipinski definition) is 5. The van der Waals surface area contributed by atoms with E-state index in [-0.39, 0.29) is 11.4 Å². The summed E-state index contributed by atoms with van der Waals surface area (Å²) >= 11 is 1.25. The number of carbonyl (C=O) groups is 1. The van der Waals surface area contributed by atoms with Crippen molar-refractivity contribution in [3.63, 3.8) is 0 Å². The third-order valence-electron chi connectivity index (χ3n) is 3.64. The number of aryl methyl sites for hydroxylation is 3. The molecule has 0 fully saturated rings. The van der Waals surface area contributed by atoms with Crippen molar-refractivity contribution in [1.82, 2.24) is 9.97 Å². The number of anilines is 1. The lowest BCUT2D eigenvalue weighted by molar-refractivity contribution is -0.0493. The number of hydrogen-bond donors (Lipinski definition) is 1. The largest absolute Gasteiger partial charge is 0.433 e. The molecule has 25 heavy (non-hydrogen) atoms. The van der Waals surface area contributed by atoms with Gasteiger partial charge in [-0.2, -0.15) is 8.78 Å². The van der Waals surface area contributed by atoms with E-state index in [4.69, 9.17) is 0 Å². The van der Waals surface area contributed by atoms with Gasteiger partial charge in [-0.1, -0.05) is 12.1 Å². The molecule has 0 aliphatic heterocycles. The van der Waals surface area contributed by atoms with Crippen LogP contribution in [0.5, 0.6) is 5.75 Å². The molecule has 0 bridgehead atoms. The predicted octanol–water partition coefficient (Wildman–Crippen LogP) is 4.47. The zero-order valence-corrected chi connectivity index (χ0v) is 14.6. The van der Waals surface area contributed by atoms with Crippen LogP contribution in [0.4, 0.5) is 14.5 Å². The van der Waals surface area contributed by atoms with E-state index in [1.807, 2.05) is 13.8 Å². The van der Waals surface area contributed by atoms with Crippen LogP contribution in [0.3, 0.4) is 0 Å². The number of fused-ring (bicyclic) bond motifs is 1. The Morgan fingerprint density at radius 3 is 2.64 bits per heavy atom. The lowest BCUT2D eigenvalue weighted by atomic mass is 10.1. The number of aromatic nitrogens is 2. The maximum absolute atomic E-state index is 12.6. The molecule has 3 rings (SSSR count). The first-order chi connectivity index (χ1) is 11.9. The third kappa shape index (κ3) is 3.43. The summed E-state index contributed by atoms with van der Waals surface area (Å²) in [5, 5.41) is 3.48. The van der Waals surface area contributed by atoms with Crippen molar-refractivity contribution < 1.29 is 18.3 Å². The van der Waals surface area contributed by atoms with E-state index in [1.54, 1.807) is 19.1 Å². The number of benzene rings is 1. The van der Waals surface area contributed by atoms with Crippen molar-refractivity contribution in [2.45, 2.75) is 27.4 Å². The average molecular weight is 363 g/mol. The Kier molecular flexibility index (Phi) is 4.63. The number of carbonyl (C=O) groups excluding carboxylic acids is 1. The molecule has 0 spiro atoms. The molecule has 130 valence electrons. The number of nitrogens with zero attached hydrogens (tertiary/aromatic N) is 2. The molecule has 1 N–H and O–H groups in total. The van der Waals surface area contributed by atoms with Crippen molar-refractivity contribution in [3.8, 4) is 5.75 Å². The molecule has 1 aromatic carbocycles. The molecule has 0 saturated carbocycles. The average Bonchev–Trinajstić information content (AvgIpc) is 2.85. The minimum absolute atomic E-state index is 0.0866. The Morgan fingerprint density at radius 2 is 1.92 bits per heavy atom. The van der Waals surface area contributed by atoms with Gasteiger partial charge in [0.15, 0.2) is 0 Å². The number of ether oxygens (including phenoxy) is 1. The van der Waals surface area contributed by atoms with E-state index in [0.717, 1.165) is 21.5 Å². The fourth-order valence-corrected chi connectivity index (χ4v) is 3.81. The lowest BCUT2D eigenvalue weighted by Gasteiger charge is -2.11. The van der Waals surface area contributed by atoms with Crippen LogP contribution in [0, 0.1) is 20.8 Å². The van der Waals surface area contributed by atoms with E-state index >= 15 is 0 Å². The van der Waals surface area contributed by atoms with E-state index < -0.39 is 12.5 Å². The molecular weight excluding hydrogens is 348 g/mol. The Balaban J connectivity index is 1.96. The molecular formula is C17H15F2N3O2S. The highest BCUT2D eigenvalue weighted by Crippen LogP contribution is 2.33. The van der Waals surface area contributed by atoms with Crippen molar-refractivity contribution in [2.24, 2.45) is 0 Å². The van der Waals surface area contributed by atoms with Crippen LogP contribution < -0.4 is 10.1 Å². The number of alkyl halides is 2. The topological polar surface area (TPSA) is 64.1 Å². The van der Waals surface area contributed by atoms with Crippen LogP contribution in [-0.2, 0) is 0 Å². The van der Waals surface area contributed by atoms with Gasteiger partial charge in [-0.25, -0.2) is 9.97 Å². The number of rotatable bonds is 4. The molecule has 0 unspecified atom stereocenters. The van der Waals surface area contributed by atoms with Gasteiger partial charge in [0, 0.05) is 11.1 Å². The zero-order chi connectivity index (χ0) is 18.1. The van der Waals surface area contributed by atoms with Crippen molar-refractivity contribution in [3.05, 3.63) is 46.2 Å². The molecule has 1 amide bonds. The molecule has 2 aromatic heterocycles. The quantitative estimate of drug-likeness (QED) is 0.743. The van der Waals surface area contributed by atoms with Gasteiger partial charge >= 0.3 is 6.61 Å². The molecule has 8 heteroatoms. The third-order valence-corrected chi connectivity index (χ3v) is 4.82. The van der Waals surface area contributed by atoms with E-state index in [2.05, 4.69) is 20.0 Å². The van der Waals surface area contributed by atoms with Crippen LogP contribution >= 0.6 is 11.3 Å². The van der Waals surface area contributed by atoms with Gasteiger partial charge in [-0.05, 0) is 38.5 Å². The monoisotopic (exact) mass is 363 g/mol. The van der Waals surface area contributed by atoms with E-state index in [9.17, 15) is 13.6 Å². The Morgan fingerprint density at radius 1 is 1.20 bits per heavy atom. The molecule has 0 radical (unpaired) electrons. The van der Waals surface area contributed by atoms with Gasteiger partial charge in [0.1, 0.15) is 16.4 Å². The minimum atomic E-state index is -2.97. The Bertz CT molecular complexity index is 956.